The number of aromatic nitrogens is 3. The van der Waals surface area contributed by atoms with E-state index in [1.165, 1.54) is 21.8 Å². The summed E-state index contributed by atoms with van der Waals surface area (Å²) in [6, 6.07) is 8.05. The number of pyridine rings is 1. The minimum atomic E-state index is -0.571. The van der Waals surface area contributed by atoms with Crippen molar-refractivity contribution < 1.29 is 14.1 Å². The normalized spacial score (nSPS) is 11.3. The van der Waals surface area contributed by atoms with Gasteiger partial charge in [-0.25, -0.2) is 14.2 Å². The Morgan fingerprint density at radius 1 is 1.32 bits per heavy atom. The second-order valence-electron chi connectivity index (χ2n) is 6.54. The van der Waals surface area contributed by atoms with Gasteiger partial charge in [-0.3, -0.25) is 0 Å². The molecule has 4 aromatic rings. The lowest BCUT2D eigenvalue weighted by atomic mass is 10.0. The molecule has 3 heterocycles. The Bertz CT molecular complexity index is 1280. The fourth-order valence-electron chi connectivity index (χ4n) is 3.30. The van der Waals surface area contributed by atoms with E-state index in [2.05, 4.69) is 4.98 Å². The zero-order chi connectivity index (χ0) is 20.0. The van der Waals surface area contributed by atoms with Crippen LogP contribution in [0, 0.1) is 19.7 Å². The summed E-state index contributed by atoms with van der Waals surface area (Å²) in [7, 11) is 0. The van der Waals surface area contributed by atoms with E-state index in [0.29, 0.717) is 10.1 Å². The van der Waals surface area contributed by atoms with Gasteiger partial charge in [-0.1, -0.05) is 23.2 Å². The summed E-state index contributed by atoms with van der Waals surface area (Å²) in [6.07, 6.45) is 3.23. The molecule has 0 radical (unpaired) electrons. The SMILES string of the molecule is Cc1ccc(F)c(-c2c(O)[n+](Cc3cnc(Cl)s3)c3c(C)cccn3c2=O)c1. The average Bonchev–Trinajstić information content (AvgIpc) is 3.06. The molecule has 5 nitrogen and oxygen atoms in total. The van der Waals surface area contributed by atoms with Crippen molar-refractivity contribution in [1.82, 2.24) is 9.38 Å². The predicted molar refractivity (Wildman–Crippen MR) is 107 cm³/mol. The van der Waals surface area contributed by atoms with Crippen LogP contribution >= 0.6 is 22.9 Å². The Morgan fingerprint density at radius 3 is 2.82 bits per heavy atom. The summed E-state index contributed by atoms with van der Waals surface area (Å²) in [4.78, 5) is 18.0. The highest BCUT2D eigenvalue weighted by atomic mass is 35.5. The molecule has 0 spiro atoms. The summed E-state index contributed by atoms with van der Waals surface area (Å²) in [5.74, 6) is -0.869. The van der Waals surface area contributed by atoms with E-state index in [0.717, 1.165) is 16.0 Å². The Morgan fingerprint density at radius 2 is 2.11 bits per heavy atom. The van der Waals surface area contributed by atoms with E-state index >= 15 is 0 Å². The predicted octanol–water partition coefficient (Wildman–Crippen LogP) is 3.87. The third kappa shape index (κ3) is 3.06. The first-order valence-corrected chi connectivity index (χ1v) is 9.69. The van der Waals surface area contributed by atoms with Crippen molar-refractivity contribution in [3.8, 4) is 17.0 Å². The summed E-state index contributed by atoms with van der Waals surface area (Å²) in [6.45, 7) is 3.89. The zero-order valence-electron chi connectivity index (χ0n) is 15.1. The molecule has 0 atom stereocenters. The first kappa shape index (κ1) is 18.6. The monoisotopic (exact) mass is 416 g/mol. The van der Waals surface area contributed by atoms with Crippen molar-refractivity contribution in [3.63, 3.8) is 0 Å². The van der Waals surface area contributed by atoms with Crippen LogP contribution < -0.4 is 10.1 Å². The van der Waals surface area contributed by atoms with Gasteiger partial charge in [-0.15, -0.1) is 11.3 Å². The highest BCUT2D eigenvalue weighted by molar-refractivity contribution is 7.15. The number of nitrogens with zero attached hydrogens (tertiary/aromatic N) is 3. The lowest BCUT2D eigenvalue weighted by Gasteiger charge is -2.11. The third-order valence-corrected chi connectivity index (χ3v) is 5.66. The summed E-state index contributed by atoms with van der Waals surface area (Å²) >= 11 is 7.22. The number of hydrogen-bond donors (Lipinski definition) is 1. The number of halogens is 2. The standard InChI is InChI=1S/C20H15ClFN3O2S/c1-11-5-6-15(22)14(8-11)16-18(26)24-7-3-4-12(2)17(24)25(19(16)27)10-13-9-23-20(21)28-13/h3-9H,10H2,1-2H3/p+1. The second kappa shape index (κ2) is 7.00. The number of rotatable bonds is 3. The molecule has 3 aromatic heterocycles. The zero-order valence-corrected chi connectivity index (χ0v) is 16.7. The van der Waals surface area contributed by atoms with E-state index in [1.54, 1.807) is 42.1 Å². The van der Waals surface area contributed by atoms with Gasteiger partial charge in [0.1, 0.15) is 12.4 Å². The summed E-state index contributed by atoms with van der Waals surface area (Å²) in [5, 5.41) is 11.1. The first-order chi connectivity index (χ1) is 13.4. The fraction of sp³-hybridized carbons (Fsp3) is 0.150. The van der Waals surface area contributed by atoms with Crippen molar-refractivity contribution >= 4 is 28.6 Å². The molecule has 1 aromatic carbocycles. The van der Waals surface area contributed by atoms with Gasteiger partial charge < -0.3 is 5.11 Å². The molecular weight excluding hydrogens is 401 g/mol. The van der Waals surface area contributed by atoms with Crippen molar-refractivity contribution in [2.45, 2.75) is 20.4 Å². The van der Waals surface area contributed by atoms with Crippen molar-refractivity contribution in [2.24, 2.45) is 0 Å². The number of benzene rings is 1. The molecule has 0 saturated heterocycles. The largest absolute Gasteiger partial charge is 0.477 e. The van der Waals surface area contributed by atoms with Gasteiger partial charge in [0.05, 0.1) is 11.1 Å². The van der Waals surface area contributed by atoms with Crippen LogP contribution in [0.15, 0.2) is 47.5 Å². The molecule has 0 saturated carbocycles. The highest BCUT2D eigenvalue weighted by Gasteiger charge is 2.28. The summed E-state index contributed by atoms with van der Waals surface area (Å²) < 4.78 is 18.0. The molecule has 0 aliphatic rings. The molecule has 0 aliphatic heterocycles. The van der Waals surface area contributed by atoms with E-state index < -0.39 is 11.4 Å². The number of aromatic hydroxyl groups is 1. The lowest BCUT2D eigenvalue weighted by Crippen LogP contribution is -2.41. The van der Waals surface area contributed by atoms with E-state index in [-0.39, 0.29) is 23.6 Å². The van der Waals surface area contributed by atoms with Gasteiger partial charge in [0.2, 0.25) is 0 Å². The van der Waals surface area contributed by atoms with Gasteiger partial charge >= 0.3 is 5.56 Å². The molecule has 142 valence electrons. The van der Waals surface area contributed by atoms with E-state index in [1.807, 2.05) is 13.0 Å². The average molecular weight is 417 g/mol. The molecule has 0 amide bonds. The molecule has 4 rings (SSSR count). The van der Waals surface area contributed by atoms with Crippen LogP contribution in [0.5, 0.6) is 5.88 Å². The van der Waals surface area contributed by atoms with Gasteiger partial charge in [0.25, 0.3) is 11.5 Å². The maximum Gasteiger partial charge on any atom is 0.354 e. The molecule has 0 unspecified atom stereocenters. The van der Waals surface area contributed by atoms with E-state index in [4.69, 9.17) is 11.6 Å². The molecule has 8 heteroatoms. The van der Waals surface area contributed by atoms with Crippen LogP contribution in [-0.4, -0.2) is 14.5 Å². The molecular formula is C20H16ClFN3O2S+. The molecule has 1 N–H and O–H groups in total. The van der Waals surface area contributed by atoms with Crippen molar-refractivity contribution in [3.05, 3.63) is 79.4 Å². The number of aryl methyl sites for hydroxylation is 2. The van der Waals surface area contributed by atoms with Gasteiger partial charge in [-0.2, -0.15) is 8.97 Å². The maximum atomic E-state index is 14.6. The Hall–Kier alpha value is -2.77. The number of thiazole rings is 1. The highest BCUT2D eigenvalue weighted by Crippen LogP contribution is 2.28. The van der Waals surface area contributed by atoms with Gasteiger partial charge in [-0.05, 0) is 38.1 Å². The van der Waals surface area contributed by atoms with Crippen LogP contribution in [0.2, 0.25) is 4.47 Å². The van der Waals surface area contributed by atoms with Crippen LogP contribution in [0.4, 0.5) is 4.39 Å². The molecule has 0 bridgehead atoms. The minimum Gasteiger partial charge on any atom is -0.477 e. The molecule has 28 heavy (non-hydrogen) atoms. The number of hydrogen-bond acceptors (Lipinski definition) is 4. The summed E-state index contributed by atoms with van der Waals surface area (Å²) in [5.41, 5.74) is 1.59. The topological polar surface area (TPSA) is 58.5 Å². The van der Waals surface area contributed by atoms with Crippen LogP contribution in [-0.2, 0) is 6.54 Å². The quantitative estimate of drug-likeness (QED) is 0.516. The van der Waals surface area contributed by atoms with Crippen LogP contribution in [0.3, 0.4) is 0 Å². The Balaban J connectivity index is 2.09. The fourth-order valence-corrected chi connectivity index (χ4v) is 4.26. The van der Waals surface area contributed by atoms with Crippen LogP contribution in [0.25, 0.3) is 16.8 Å². The lowest BCUT2D eigenvalue weighted by molar-refractivity contribution is -0.671. The first-order valence-electron chi connectivity index (χ1n) is 8.50. The Kier molecular flexibility index (Phi) is 4.64. The van der Waals surface area contributed by atoms with Gasteiger partial charge in [0, 0.05) is 17.3 Å². The third-order valence-electron chi connectivity index (χ3n) is 4.56. The number of fused-ring (bicyclic) bond motifs is 1. The Labute approximate surface area is 168 Å². The van der Waals surface area contributed by atoms with Crippen molar-refractivity contribution in [2.75, 3.05) is 0 Å². The van der Waals surface area contributed by atoms with Crippen molar-refractivity contribution in [1.29, 1.82) is 0 Å². The van der Waals surface area contributed by atoms with Gasteiger partial charge in [0.15, 0.2) is 10.0 Å². The smallest absolute Gasteiger partial charge is 0.354 e. The second-order valence-corrected chi connectivity index (χ2v) is 8.23. The molecule has 0 aliphatic carbocycles. The maximum absolute atomic E-state index is 14.6. The van der Waals surface area contributed by atoms with Crippen LogP contribution in [0.1, 0.15) is 16.0 Å². The molecule has 0 fully saturated rings. The van der Waals surface area contributed by atoms with E-state index in [9.17, 15) is 14.3 Å². The minimum absolute atomic E-state index is 0.0643.